The topological polar surface area (TPSA) is 55.7 Å². The van der Waals surface area contributed by atoms with E-state index in [0.717, 1.165) is 53.2 Å². The van der Waals surface area contributed by atoms with Crippen molar-refractivity contribution in [3.05, 3.63) is 198 Å². The summed E-state index contributed by atoms with van der Waals surface area (Å²) >= 11 is 0. The maximum absolute atomic E-state index is 13.3. The van der Waals surface area contributed by atoms with Gasteiger partial charge in [-0.05, 0) is 95.6 Å². The first-order valence-corrected chi connectivity index (χ1v) is 18.4. The molecule has 1 aromatic heterocycles. The van der Waals surface area contributed by atoms with Gasteiger partial charge in [0.2, 0.25) is 0 Å². The van der Waals surface area contributed by atoms with E-state index < -0.39 is 0 Å². The lowest BCUT2D eigenvalue weighted by Crippen LogP contribution is -2.33. The fraction of sp³-hybridized carbons (Fsp3) is 0.170. The molecular formula is C47H45N3O3. The number of para-hydroxylation sites is 1. The van der Waals surface area contributed by atoms with Gasteiger partial charge in [-0.1, -0.05) is 115 Å². The van der Waals surface area contributed by atoms with E-state index in [2.05, 4.69) is 101 Å². The van der Waals surface area contributed by atoms with Crippen LogP contribution in [-0.4, -0.2) is 28.7 Å². The fourth-order valence-electron chi connectivity index (χ4n) is 6.55. The van der Waals surface area contributed by atoms with Gasteiger partial charge in [0.15, 0.2) is 0 Å². The SMILES string of the molecule is O=C(CCc1ccc2c(c1)c(CCc1ccccc1)cn2-c1ccc(Oc2ccccc2)cc1)ON(CCNCc1ccccc1)Cc1ccccc1. The van der Waals surface area contributed by atoms with Crippen molar-refractivity contribution >= 4 is 16.9 Å². The maximum atomic E-state index is 13.3. The normalized spacial score (nSPS) is 11.2. The summed E-state index contributed by atoms with van der Waals surface area (Å²) in [5.74, 6) is 1.37. The molecule has 7 aromatic rings. The fourth-order valence-corrected chi connectivity index (χ4v) is 6.55. The molecule has 6 nitrogen and oxygen atoms in total. The summed E-state index contributed by atoms with van der Waals surface area (Å²) in [6.45, 7) is 2.57. The molecule has 6 heteroatoms. The molecule has 0 fully saturated rings. The van der Waals surface area contributed by atoms with E-state index in [-0.39, 0.29) is 12.4 Å². The van der Waals surface area contributed by atoms with Gasteiger partial charge in [0.1, 0.15) is 11.5 Å². The van der Waals surface area contributed by atoms with Crippen LogP contribution in [0.5, 0.6) is 11.5 Å². The first kappa shape index (κ1) is 35.5. The van der Waals surface area contributed by atoms with E-state index in [1.165, 1.54) is 22.1 Å². The van der Waals surface area contributed by atoms with Crippen LogP contribution in [0.15, 0.2) is 170 Å². The maximum Gasteiger partial charge on any atom is 0.325 e. The Morgan fingerprint density at radius 3 is 1.92 bits per heavy atom. The van der Waals surface area contributed by atoms with Crippen LogP contribution in [0.25, 0.3) is 16.6 Å². The van der Waals surface area contributed by atoms with E-state index in [1.807, 2.05) is 78.9 Å². The zero-order valence-corrected chi connectivity index (χ0v) is 29.9. The number of nitrogens with zero attached hydrogens (tertiary/aromatic N) is 2. The Bertz CT molecular complexity index is 2170. The first-order valence-electron chi connectivity index (χ1n) is 18.4. The molecule has 1 heterocycles. The highest BCUT2D eigenvalue weighted by molar-refractivity contribution is 5.86. The minimum atomic E-state index is -0.233. The van der Waals surface area contributed by atoms with E-state index in [1.54, 1.807) is 5.06 Å². The van der Waals surface area contributed by atoms with Crippen molar-refractivity contribution in [3.8, 4) is 17.2 Å². The number of carbonyl (C=O) groups excluding carboxylic acids is 1. The molecule has 266 valence electrons. The highest BCUT2D eigenvalue weighted by Crippen LogP contribution is 2.30. The number of hydrogen-bond donors (Lipinski definition) is 1. The van der Waals surface area contributed by atoms with Crippen molar-refractivity contribution in [1.82, 2.24) is 14.9 Å². The van der Waals surface area contributed by atoms with Crippen molar-refractivity contribution < 1.29 is 14.4 Å². The summed E-state index contributed by atoms with van der Waals surface area (Å²) < 4.78 is 8.31. The Labute approximate surface area is 312 Å². The minimum Gasteiger partial charge on any atom is -0.457 e. The highest BCUT2D eigenvalue weighted by Gasteiger charge is 2.15. The summed E-state index contributed by atoms with van der Waals surface area (Å²) in [5, 5.41) is 6.45. The molecule has 0 aliphatic heterocycles. The number of carbonyl (C=O) groups is 1. The van der Waals surface area contributed by atoms with E-state index in [0.29, 0.717) is 26.1 Å². The van der Waals surface area contributed by atoms with Gasteiger partial charge in [0, 0.05) is 36.9 Å². The van der Waals surface area contributed by atoms with E-state index in [4.69, 9.17) is 9.57 Å². The predicted molar refractivity (Wildman–Crippen MR) is 213 cm³/mol. The quantitative estimate of drug-likeness (QED) is 0.0758. The van der Waals surface area contributed by atoms with Crippen molar-refractivity contribution in [2.24, 2.45) is 0 Å². The van der Waals surface area contributed by atoms with Crippen LogP contribution >= 0.6 is 0 Å². The Kier molecular flexibility index (Phi) is 12.0. The lowest BCUT2D eigenvalue weighted by molar-refractivity contribution is -0.193. The molecule has 0 aliphatic rings. The first-order chi connectivity index (χ1) is 26.2. The van der Waals surface area contributed by atoms with Gasteiger partial charge < -0.3 is 19.5 Å². The molecule has 0 aliphatic carbocycles. The number of hydrogen-bond acceptors (Lipinski definition) is 5. The molecule has 0 saturated carbocycles. The van der Waals surface area contributed by atoms with Gasteiger partial charge >= 0.3 is 5.97 Å². The summed E-state index contributed by atoms with van der Waals surface area (Å²) in [6.07, 6.45) is 4.98. The molecule has 0 atom stereocenters. The molecule has 53 heavy (non-hydrogen) atoms. The number of rotatable bonds is 17. The lowest BCUT2D eigenvalue weighted by atomic mass is 10.0. The van der Waals surface area contributed by atoms with Crippen molar-refractivity contribution in [2.45, 2.75) is 38.8 Å². The summed E-state index contributed by atoms with van der Waals surface area (Å²) in [6, 6.07) is 55.7. The number of aryl methyl sites for hydroxylation is 3. The highest BCUT2D eigenvalue weighted by atomic mass is 16.7. The largest absolute Gasteiger partial charge is 0.457 e. The van der Waals surface area contributed by atoms with Gasteiger partial charge in [-0.15, -0.1) is 5.06 Å². The Morgan fingerprint density at radius 2 is 1.23 bits per heavy atom. The van der Waals surface area contributed by atoms with Crippen LogP contribution in [0, 0.1) is 0 Å². The number of aromatic nitrogens is 1. The monoisotopic (exact) mass is 699 g/mol. The predicted octanol–water partition coefficient (Wildman–Crippen LogP) is 9.89. The second-order valence-corrected chi connectivity index (χ2v) is 13.2. The number of fused-ring (bicyclic) bond motifs is 1. The third-order valence-corrected chi connectivity index (χ3v) is 9.33. The molecule has 6 aromatic carbocycles. The van der Waals surface area contributed by atoms with Gasteiger partial charge in [-0.3, -0.25) is 4.79 Å². The molecule has 7 rings (SSSR count). The molecule has 0 spiro atoms. The van der Waals surface area contributed by atoms with Crippen molar-refractivity contribution in [2.75, 3.05) is 13.1 Å². The summed E-state index contributed by atoms with van der Waals surface area (Å²) in [4.78, 5) is 19.3. The molecule has 1 N–H and O–H groups in total. The zero-order chi connectivity index (χ0) is 36.1. The Hall–Kier alpha value is -5.95. The van der Waals surface area contributed by atoms with Crippen LogP contribution in [0.1, 0.15) is 34.2 Å². The van der Waals surface area contributed by atoms with Crippen LogP contribution in [-0.2, 0) is 42.0 Å². The number of hydroxylamine groups is 2. The zero-order valence-electron chi connectivity index (χ0n) is 29.9. The molecule has 0 radical (unpaired) electrons. The molecule has 0 bridgehead atoms. The third kappa shape index (κ3) is 10.1. The van der Waals surface area contributed by atoms with Gasteiger partial charge in [-0.25, -0.2) is 0 Å². The standard InChI is InChI=1S/C47H45N3O3/c51-47(53-49(35-40-17-9-3-10-18-40)32-31-48-34-39-15-7-2-8-16-39)30-23-38-22-29-46-45(33-38)41(24-21-37-13-5-1-6-14-37)36-50(46)42-25-27-44(28-26-42)52-43-19-11-4-12-20-43/h1-20,22,25-29,33,36,48H,21,23-24,30-32,34-35H2. The van der Waals surface area contributed by atoms with Crippen molar-refractivity contribution in [3.63, 3.8) is 0 Å². The van der Waals surface area contributed by atoms with Gasteiger partial charge in [-0.2, -0.15) is 0 Å². The average molecular weight is 700 g/mol. The summed E-state index contributed by atoms with van der Waals surface area (Å²) in [5.41, 5.74) is 8.21. The second kappa shape index (κ2) is 18.0. The summed E-state index contributed by atoms with van der Waals surface area (Å²) in [7, 11) is 0. The average Bonchev–Trinajstić information content (AvgIpc) is 3.57. The van der Waals surface area contributed by atoms with Crippen LogP contribution in [0.2, 0.25) is 0 Å². The van der Waals surface area contributed by atoms with E-state index >= 15 is 0 Å². The Balaban J connectivity index is 1.04. The van der Waals surface area contributed by atoms with Crippen LogP contribution in [0.4, 0.5) is 0 Å². The van der Waals surface area contributed by atoms with Crippen molar-refractivity contribution in [1.29, 1.82) is 0 Å². The van der Waals surface area contributed by atoms with E-state index in [9.17, 15) is 4.79 Å². The van der Waals surface area contributed by atoms with Crippen LogP contribution in [0.3, 0.4) is 0 Å². The van der Waals surface area contributed by atoms with Gasteiger partial charge in [0.05, 0.1) is 18.5 Å². The number of benzene rings is 6. The smallest absolute Gasteiger partial charge is 0.325 e. The molecule has 0 saturated heterocycles. The second-order valence-electron chi connectivity index (χ2n) is 13.2. The van der Waals surface area contributed by atoms with Gasteiger partial charge in [0.25, 0.3) is 0 Å². The number of ether oxygens (including phenoxy) is 1. The van der Waals surface area contributed by atoms with Crippen LogP contribution < -0.4 is 10.1 Å². The molecule has 0 unspecified atom stereocenters. The number of nitrogens with one attached hydrogen (secondary N) is 1. The lowest BCUT2D eigenvalue weighted by Gasteiger charge is -2.21. The molecular weight excluding hydrogens is 655 g/mol. The molecule has 0 amide bonds. The minimum absolute atomic E-state index is 0.233. The Morgan fingerprint density at radius 1 is 0.604 bits per heavy atom. The third-order valence-electron chi connectivity index (χ3n) is 9.33.